The number of aromatic nitrogens is 2. The summed E-state index contributed by atoms with van der Waals surface area (Å²) < 4.78 is 36.5. The molecular weight excluding hydrogens is 464 g/mol. The molecule has 5 nitrogen and oxygen atoms in total. The highest BCUT2D eigenvalue weighted by Gasteiger charge is 2.63. The molecule has 2 aromatic carbocycles. The standard InChI is InChI=1S/C23H17BrN2O3S/c1-22-16-12-13-25-21(24)19(16)23(2,29-22)18-15-10-6-7-11-17(15)26(20(18)22)30(27,28)14-8-4-3-5-9-14/h3-13H,1-2H3/t22-,23-/m1/s1. The van der Waals surface area contributed by atoms with Gasteiger partial charge in [0, 0.05) is 28.3 Å². The maximum atomic E-state index is 13.9. The van der Waals surface area contributed by atoms with Crippen molar-refractivity contribution in [1.82, 2.24) is 8.96 Å². The van der Waals surface area contributed by atoms with Crippen LogP contribution in [0.25, 0.3) is 10.9 Å². The van der Waals surface area contributed by atoms with Crippen molar-refractivity contribution < 1.29 is 13.2 Å². The van der Waals surface area contributed by atoms with E-state index in [1.807, 2.05) is 50.2 Å². The second-order valence-electron chi connectivity index (χ2n) is 8.02. The van der Waals surface area contributed by atoms with Crippen LogP contribution in [0.5, 0.6) is 0 Å². The lowest BCUT2D eigenvalue weighted by Crippen LogP contribution is -2.28. The van der Waals surface area contributed by atoms with Crippen LogP contribution in [0.2, 0.25) is 0 Å². The molecule has 0 N–H and O–H groups in total. The van der Waals surface area contributed by atoms with Crippen molar-refractivity contribution >= 4 is 36.9 Å². The van der Waals surface area contributed by atoms with Gasteiger partial charge in [-0.3, -0.25) is 0 Å². The van der Waals surface area contributed by atoms with E-state index in [2.05, 4.69) is 20.9 Å². The minimum Gasteiger partial charge on any atom is -0.348 e. The van der Waals surface area contributed by atoms with Gasteiger partial charge in [0.15, 0.2) is 0 Å². The van der Waals surface area contributed by atoms with Gasteiger partial charge in [-0.15, -0.1) is 0 Å². The van der Waals surface area contributed by atoms with Crippen LogP contribution in [0.1, 0.15) is 36.2 Å². The van der Waals surface area contributed by atoms with Gasteiger partial charge in [-0.1, -0.05) is 36.4 Å². The van der Waals surface area contributed by atoms with E-state index >= 15 is 0 Å². The molecule has 4 heterocycles. The third-order valence-electron chi connectivity index (χ3n) is 6.35. The van der Waals surface area contributed by atoms with Crippen LogP contribution < -0.4 is 0 Å². The highest BCUT2D eigenvalue weighted by atomic mass is 79.9. The predicted molar refractivity (Wildman–Crippen MR) is 117 cm³/mol. The number of para-hydroxylation sites is 1. The average molecular weight is 481 g/mol. The second-order valence-corrected chi connectivity index (χ2v) is 10.6. The van der Waals surface area contributed by atoms with Gasteiger partial charge in [0.2, 0.25) is 0 Å². The lowest BCUT2D eigenvalue weighted by atomic mass is 9.77. The minimum absolute atomic E-state index is 0.251. The van der Waals surface area contributed by atoms with Crippen molar-refractivity contribution in [2.45, 2.75) is 29.9 Å². The lowest BCUT2D eigenvalue weighted by Gasteiger charge is -2.26. The summed E-state index contributed by atoms with van der Waals surface area (Å²) in [5.41, 5.74) is 2.40. The summed E-state index contributed by atoms with van der Waals surface area (Å²) in [6.07, 6.45) is 1.72. The number of fused-ring (bicyclic) bond motifs is 10. The Hall–Kier alpha value is -2.48. The molecule has 0 aliphatic carbocycles. The molecule has 7 heteroatoms. The highest BCUT2D eigenvalue weighted by molar-refractivity contribution is 9.10. The Morgan fingerprint density at radius 3 is 2.40 bits per heavy atom. The molecule has 4 aromatic rings. The largest absolute Gasteiger partial charge is 0.348 e. The first kappa shape index (κ1) is 18.3. The van der Waals surface area contributed by atoms with E-state index < -0.39 is 21.2 Å². The van der Waals surface area contributed by atoms with E-state index in [-0.39, 0.29) is 4.90 Å². The predicted octanol–water partition coefficient (Wildman–Crippen LogP) is 4.91. The molecule has 2 aromatic heterocycles. The first-order valence-electron chi connectivity index (χ1n) is 9.61. The molecule has 2 bridgehead atoms. The molecule has 0 unspecified atom stereocenters. The van der Waals surface area contributed by atoms with Crippen LogP contribution in [0.3, 0.4) is 0 Å². The lowest BCUT2D eigenvalue weighted by molar-refractivity contribution is -0.0532. The van der Waals surface area contributed by atoms with Gasteiger partial charge in [-0.05, 0) is 54.0 Å². The van der Waals surface area contributed by atoms with Crippen molar-refractivity contribution in [2.24, 2.45) is 0 Å². The van der Waals surface area contributed by atoms with Crippen molar-refractivity contribution in [3.63, 3.8) is 0 Å². The molecule has 0 fully saturated rings. The SMILES string of the molecule is C[C@]12O[C@](C)(c3ccnc(Br)c31)c1c2c2ccccc2n1S(=O)(=O)c1ccccc1. The molecule has 0 radical (unpaired) electrons. The fourth-order valence-corrected chi connectivity index (χ4v) is 7.57. The average Bonchev–Trinajstić information content (AvgIpc) is 3.30. The number of rotatable bonds is 2. The molecule has 0 spiro atoms. The van der Waals surface area contributed by atoms with Crippen LogP contribution in [0.4, 0.5) is 0 Å². The van der Waals surface area contributed by atoms with E-state index in [9.17, 15) is 8.42 Å². The van der Waals surface area contributed by atoms with Gasteiger partial charge >= 0.3 is 0 Å². The number of benzene rings is 2. The van der Waals surface area contributed by atoms with Crippen LogP contribution in [0.15, 0.2) is 76.4 Å². The van der Waals surface area contributed by atoms with Crippen molar-refractivity contribution in [3.8, 4) is 0 Å². The minimum atomic E-state index is -3.84. The molecule has 2 atom stereocenters. The van der Waals surface area contributed by atoms with Crippen LogP contribution in [-0.2, 0) is 26.0 Å². The van der Waals surface area contributed by atoms with E-state index in [1.165, 1.54) is 3.97 Å². The summed E-state index contributed by atoms with van der Waals surface area (Å²) in [6, 6.07) is 18.1. The van der Waals surface area contributed by atoms with Crippen LogP contribution >= 0.6 is 15.9 Å². The highest BCUT2D eigenvalue weighted by Crippen LogP contribution is 2.64. The summed E-state index contributed by atoms with van der Waals surface area (Å²) in [6.45, 7) is 3.95. The molecule has 0 saturated carbocycles. The topological polar surface area (TPSA) is 61.2 Å². The van der Waals surface area contributed by atoms with Gasteiger partial charge < -0.3 is 4.74 Å². The quantitative estimate of drug-likeness (QED) is 0.382. The third kappa shape index (κ3) is 1.96. The normalized spacial score (nSPS) is 24.2. The maximum Gasteiger partial charge on any atom is 0.268 e. The van der Waals surface area contributed by atoms with Crippen molar-refractivity contribution in [3.05, 3.63) is 93.8 Å². The van der Waals surface area contributed by atoms with Crippen LogP contribution in [-0.4, -0.2) is 17.4 Å². The van der Waals surface area contributed by atoms with Gasteiger partial charge in [0.1, 0.15) is 15.8 Å². The second kappa shape index (κ2) is 5.60. The number of halogens is 1. The molecule has 2 aliphatic heterocycles. The Labute approximate surface area is 182 Å². The smallest absolute Gasteiger partial charge is 0.268 e. The summed E-state index contributed by atoms with van der Waals surface area (Å²) >= 11 is 3.59. The monoisotopic (exact) mass is 480 g/mol. The number of nitrogens with zero attached hydrogens (tertiary/aromatic N) is 2. The zero-order valence-corrected chi connectivity index (χ0v) is 18.7. The molecule has 0 amide bonds. The Kier molecular flexibility index (Phi) is 3.42. The number of hydrogen-bond acceptors (Lipinski definition) is 4. The van der Waals surface area contributed by atoms with E-state index in [0.717, 1.165) is 26.7 Å². The van der Waals surface area contributed by atoms with Crippen molar-refractivity contribution in [2.75, 3.05) is 0 Å². The molecular formula is C23H17BrN2O3S. The zero-order chi connectivity index (χ0) is 20.9. The first-order chi connectivity index (χ1) is 14.3. The summed E-state index contributed by atoms with van der Waals surface area (Å²) in [5.74, 6) is 0. The van der Waals surface area contributed by atoms with Crippen molar-refractivity contribution in [1.29, 1.82) is 0 Å². The molecule has 0 saturated heterocycles. The number of pyridine rings is 1. The Bertz CT molecular complexity index is 1480. The molecule has 6 rings (SSSR count). The first-order valence-corrected chi connectivity index (χ1v) is 11.8. The summed E-state index contributed by atoms with van der Waals surface area (Å²) in [5, 5.41) is 0.875. The van der Waals surface area contributed by atoms with Gasteiger partial charge in [-0.25, -0.2) is 17.4 Å². The van der Waals surface area contributed by atoms with Gasteiger partial charge in [0.05, 0.1) is 16.1 Å². The Morgan fingerprint density at radius 2 is 1.63 bits per heavy atom. The zero-order valence-electron chi connectivity index (χ0n) is 16.3. The van der Waals surface area contributed by atoms with E-state index in [4.69, 9.17) is 4.74 Å². The number of ether oxygens (including phenoxy) is 1. The summed E-state index contributed by atoms with van der Waals surface area (Å²) in [4.78, 5) is 4.66. The fraction of sp³-hybridized carbons (Fsp3) is 0.174. The molecule has 2 aliphatic rings. The third-order valence-corrected chi connectivity index (χ3v) is 8.68. The fourth-order valence-electron chi connectivity index (χ4n) is 5.23. The van der Waals surface area contributed by atoms with Gasteiger partial charge in [0.25, 0.3) is 10.0 Å². The Balaban J connectivity index is 1.80. The maximum absolute atomic E-state index is 13.9. The number of hydrogen-bond donors (Lipinski definition) is 0. The Morgan fingerprint density at radius 1 is 0.933 bits per heavy atom. The van der Waals surface area contributed by atoms with E-state index in [0.29, 0.717) is 11.2 Å². The van der Waals surface area contributed by atoms with E-state index in [1.54, 1.807) is 30.5 Å². The summed E-state index contributed by atoms with van der Waals surface area (Å²) in [7, 11) is -3.84. The molecule has 30 heavy (non-hydrogen) atoms. The van der Waals surface area contributed by atoms with Gasteiger partial charge in [-0.2, -0.15) is 0 Å². The molecule has 150 valence electrons. The van der Waals surface area contributed by atoms with Crippen LogP contribution in [0, 0.1) is 0 Å².